The van der Waals surface area contributed by atoms with Crippen LogP contribution in [0.1, 0.15) is 32.4 Å². The quantitative estimate of drug-likeness (QED) is 0.730. The number of rotatable bonds is 8. The number of amides is 1. The average molecular weight is 310 g/mol. The summed E-state index contributed by atoms with van der Waals surface area (Å²) in [5, 5.41) is 8.21. The molecule has 2 N–H and O–H groups in total. The molecule has 0 bridgehead atoms. The second kappa shape index (κ2) is 7.42. The summed E-state index contributed by atoms with van der Waals surface area (Å²) in [6, 6.07) is 0.234. The Hall–Kier alpha value is -1.60. The number of thiazole rings is 1. The number of hydrogen-bond donors (Lipinski definition) is 2. The van der Waals surface area contributed by atoms with Gasteiger partial charge in [0.2, 0.25) is 11.8 Å². The molecule has 0 saturated heterocycles. The average Bonchev–Trinajstić information content (AvgIpc) is 3.04. The predicted molar refractivity (Wildman–Crippen MR) is 83.8 cm³/mol. The number of nitrogens with zero attached hydrogens (tertiary/aromatic N) is 2. The molecule has 0 aromatic carbocycles. The van der Waals surface area contributed by atoms with Crippen LogP contribution >= 0.6 is 11.3 Å². The van der Waals surface area contributed by atoms with E-state index < -0.39 is 0 Å². The SMILES string of the molecule is CCC(C)NC(=O)CCNCc1c(OC)nc2sccn12. The van der Waals surface area contributed by atoms with E-state index in [2.05, 4.69) is 22.5 Å². The van der Waals surface area contributed by atoms with Crippen molar-refractivity contribution >= 4 is 22.2 Å². The van der Waals surface area contributed by atoms with Crippen LogP contribution in [0.15, 0.2) is 11.6 Å². The van der Waals surface area contributed by atoms with Gasteiger partial charge in [-0.05, 0) is 13.3 Å². The van der Waals surface area contributed by atoms with Gasteiger partial charge >= 0.3 is 0 Å². The standard InChI is InChI=1S/C14H22N4O2S/c1-4-10(2)16-12(19)5-6-15-9-11-13(20-3)17-14-18(11)7-8-21-14/h7-8,10,15H,4-6,9H2,1-3H3,(H,16,19). The maximum Gasteiger partial charge on any atom is 0.237 e. The Labute approximate surface area is 128 Å². The van der Waals surface area contributed by atoms with E-state index in [0.29, 0.717) is 25.4 Å². The van der Waals surface area contributed by atoms with Gasteiger partial charge in [0.05, 0.1) is 7.11 Å². The van der Waals surface area contributed by atoms with E-state index in [9.17, 15) is 4.79 Å². The number of nitrogens with one attached hydrogen (secondary N) is 2. The lowest BCUT2D eigenvalue weighted by atomic mass is 10.2. The molecule has 2 rings (SSSR count). The third kappa shape index (κ3) is 3.95. The van der Waals surface area contributed by atoms with Gasteiger partial charge in [-0.1, -0.05) is 6.92 Å². The van der Waals surface area contributed by atoms with Crippen LogP contribution in [0.4, 0.5) is 0 Å². The van der Waals surface area contributed by atoms with Crippen molar-refractivity contribution in [3.8, 4) is 5.88 Å². The van der Waals surface area contributed by atoms with Gasteiger partial charge in [0.25, 0.3) is 0 Å². The molecule has 116 valence electrons. The number of fused-ring (bicyclic) bond motifs is 1. The smallest absolute Gasteiger partial charge is 0.237 e. The van der Waals surface area contributed by atoms with Crippen molar-refractivity contribution < 1.29 is 9.53 Å². The number of imidazole rings is 1. The van der Waals surface area contributed by atoms with Gasteiger partial charge in [0.1, 0.15) is 5.69 Å². The summed E-state index contributed by atoms with van der Waals surface area (Å²) in [7, 11) is 1.62. The number of aromatic nitrogens is 2. The molecule has 2 heterocycles. The van der Waals surface area contributed by atoms with E-state index in [1.807, 2.05) is 22.9 Å². The number of ether oxygens (including phenoxy) is 1. The zero-order chi connectivity index (χ0) is 15.2. The van der Waals surface area contributed by atoms with Crippen molar-refractivity contribution in [3.05, 3.63) is 17.3 Å². The van der Waals surface area contributed by atoms with E-state index in [4.69, 9.17) is 4.74 Å². The van der Waals surface area contributed by atoms with Crippen LogP contribution in [0, 0.1) is 0 Å². The van der Waals surface area contributed by atoms with Crippen molar-refractivity contribution in [2.75, 3.05) is 13.7 Å². The third-order valence-corrected chi connectivity index (χ3v) is 4.12. The molecule has 6 nitrogen and oxygen atoms in total. The zero-order valence-corrected chi connectivity index (χ0v) is 13.5. The van der Waals surface area contributed by atoms with Crippen molar-refractivity contribution in [3.63, 3.8) is 0 Å². The van der Waals surface area contributed by atoms with Crippen LogP contribution < -0.4 is 15.4 Å². The van der Waals surface area contributed by atoms with Crippen LogP contribution in [0.3, 0.4) is 0 Å². The van der Waals surface area contributed by atoms with Gasteiger partial charge in [-0.3, -0.25) is 9.20 Å². The van der Waals surface area contributed by atoms with E-state index in [1.54, 1.807) is 18.4 Å². The van der Waals surface area contributed by atoms with E-state index >= 15 is 0 Å². The van der Waals surface area contributed by atoms with E-state index in [0.717, 1.165) is 17.1 Å². The first-order valence-electron chi connectivity index (χ1n) is 7.14. The Balaban J connectivity index is 1.82. The molecule has 0 fully saturated rings. The number of carbonyl (C=O) groups is 1. The topological polar surface area (TPSA) is 67.7 Å². The minimum absolute atomic E-state index is 0.0813. The lowest BCUT2D eigenvalue weighted by Gasteiger charge is -2.11. The van der Waals surface area contributed by atoms with Crippen LogP contribution in [0.5, 0.6) is 5.88 Å². The highest BCUT2D eigenvalue weighted by atomic mass is 32.1. The fourth-order valence-corrected chi connectivity index (χ4v) is 2.72. The second-order valence-corrected chi connectivity index (χ2v) is 5.80. The summed E-state index contributed by atoms with van der Waals surface area (Å²) in [6.07, 6.45) is 3.39. The van der Waals surface area contributed by atoms with Crippen LogP contribution in [0.2, 0.25) is 0 Å². The highest BCUT2D eigenvalue weighted by Crippen LogP contribution is 2.22. The Morgan fingerprint density at radius 1 is 1.57 bits per heavy atom. The summed E-state index contributed by atoms with van der Waals surface area (Å²) in [4.78, 5) is 17.0. The first-order valence-corrected chi connectivity index (χ1v) is 8.02. The molecule has 21 heavy (non-hydrogen) atoms. The summed E-state index contributed by atoms with van der Waals surface area (Å²) < 4.78 is 7.30. The third-order valence-electron chi connectivity index (χ3n) is 3.36. The second-order valence-electron chi connectivity index (χ2n) is 4.93. The lowest BCUT2D eigenvalue weighted by molar-refractivity contribution is -0.121. The van der Waals surface area contributed by atoms with Gasteiger partial charge in [-0.25, -0.2) is 0 Å². The molecule has 0 saturated carbocycles. The molecule has 0 aliphatic carbocycles. The van der Waals surface area contributed by atoms with E-state index in [-0.39, 0.29) is 11.9 Å². The summed E-state index contributed by atoms with van der Waals surface area (Å²) in [6.45, 7) is 5.32. The largest absolute Gasteiger partial charge is 0.480 e. The summed E-state index contributed by atoms with van der Waals surface area (Å²) in [5.74, 6) is 0.719. The van der Waals surface area contributed by atoms with Crippen molar-refractivity contribution in [2.45, 2.75) is 39.3 Å². The minimum atomic E-state index is 0.0813. The molecule has 2 aromatic heterocycles. The number of hydrogen-bond acceptors (Lipinski definition) is 5. The maximum absolute atomic E-state index is 11.7. The highest BCUT2D eigenvalue weighted by molar-refractivity contribution is 7.15. The summed E-state index contributed by atoms with van der Waals surface area (Å²) in [5.41, 5.74) is 0.982. The van der Waals surface area contributed by atoms with Gasteiger partial charge in [-0.2, -0.15) is 4.98 Å². The first-order chi connectivity index (χ1) is 10.2. The van der Waals surface area contributed by atoms with Gasteiger partial charge in [0.15, 0.2) is 4.96 Å². The number of methoxy groups -OCH3 is 1. The fourth-order valence-electron chi connectivity index (χ4n) is 1.99. The van der Waals surface area contributed by atoms with Gasteiger partial charge in [-0.15, -0.1) is 11.3 Å². The first kappa shape index (κ1) is 15.8. The van der Waals surface area contributed by atoms with Crippen LogP contribution in [-0.2, 0) is 11.3 Å². The zero-order valence-electron chi connectivity index (χ0n) is 12.7. The molecule has 7 heteroatoms. The molecule has 0 radical (unpaired) electrons. The van der Waals surface area contributed by atoms with Crippen molar-refractivity contribution in [1.29, 1.82) is 0 Å². The molecule has 1 amide bonds. The highest BCUT2D eigenvalue weighted by Gasteiger charge is 2.13. The molecule has 2 aromatic rings. The monoisotopic (exact) mass is 310 g/mol. The normalized spacial score (nSPS) is 12.5. The minimum Gasteiger partial charge on any atom is -0.480 e. The Bertz CT molecular complexity index is 593. The summed E-state index contributed by atoms with van der Waals surface area (Å²) >= 11 is 1.57. The van der Waals surface area contributed by atoms with Crippen molar-refractivity contribution in [1.82, 2.24) is 20.0 Å². The fraction of sp³-hybridized carbons (Fsp3) is 0.571. The van der Waals surface area contributed by atoms with Gasteiger partial charge < -0.3 is 15.4 Å². The molecule has 1 unspecified atom stereocenters. The molecule has 1 atom stereocenters. The Kier molecular flexibility index (Phi) is 5.58. The molecular formula is C14H22N4O2S. The van der Waals surface area contributed by atoms with Crippen LogP contribution in [0.25, 0.3) is 4.96 Å². The van der Waals surface area contributed by atoms with Gasteiger partial charge in [0, 0.05) is 37.1 Å². The molecule has 0 aliphatic heterocycles. The maximum atomic E-state index is 11.7. The lowest BCUT2D eigenvalue weighted by Crippen LogP contribution is -2.34. The van der Waals surface area contributed by atoms with Crippen molar-refractivity contribution in [2.24, 2.45) is 0 Å². The number of carbonyl (C=O) groups excluding carboxylic acids is 1. The predicted octanol–water partition coefficient (Wildman–Crippen LogP) is 1.80. The van der Waals surface area contributed by atoms with Crippen LogP contribution in [-0.4, -0.2) is 35.0 Å². The Morgan fingerprint density at radius 3 is 3.10 bits per heavy atom. The molecule has 0 spiro atoms. The molecular weight excluding hydrogens is 288 g/mol. The Morgan fingerprint density at radius 2 is 2.38 bits per heavy atom. The van der Waals surface area contributed by atoms with E-state index in [1.165, 1.54) is 0 Å². The molecule has 0 aliphatic rings.